The number of halogens is 1. The van der Waals surface area contributed by atoms with Crippen LogP contribution in [0.25, 0.3) is 0 Å². The monoisotopic (exact) mass is 323 g/mol. The minimum absolute atomic E-state index is 0.0602. The number of alkyl halides is 1. The van der Waals surface area contributed by atoms with Crippen molar-refractivity contribution in [1.82, 2.24) is 0 Å². The van der Waals surface area contributed by atoms with E-state index < -0.39 is 5.00 Å². The molecule has 4 saturated carbocycles. The fourth-order valence-corrected chi connectivity index (χ4v) is 7.75. The Labute approximate surface area is 139 Å². The van der Waals surface area contributed by atoms with Crippen LogP contribution in [0.2, 0.25) is 0 Å². The summed E-state index contributed by atoms with van der Waals surface area (Å²) in [4.78, 5) is 10.6. The van der Waals surface area contributed by atoms with Gasteiger partial charge in [-0.25, -0.2) is 0 Å². The van der Waals surface area contributed by atoms with Gasteiger partial charge >= 0.3 is 0 Å². The van der Waals surface area contributed by atoms with Crippen molar-refractivity contribution in [3.05, 3.63) is 4.91 Å². The van der Waals surface area contributed by atoms with Crippen LogP contribution in [0, 0.1) is 39.4 Å². The Bertz CT molecular complexity index is 482. The Hall–Kier alpha value is -0.110. The van der Waals surface area contributed by atoms with Crippen molar-refractivity contribution >= 4 is 11.6 Å². The summed E-state index contributed by atoms with van der Waals surface area (Å²) in [5.74, 6) is 3.25. The topological polar surface area (TPSA) is 29.4 Å². The van der Waals surface area contributed by atoms with Crippen LogP contribution < -0.4 is 0 Å². The standard InChI is InChI=1S/C19H30ClNO/c1-17-10-4-3-5-13(17)6-7-14-15(17)8-11-18(2)16(14)9-12-19(18,20)21-22/h13-16H,3-12H2,1-2H3. The highest BCUT2D eigenvalue weighted by Gasteiger charge is 2.65. The number of hydrogen-bond acceptors (Lipinski definition) is 2. The molecular weight excluding hydrogens is 294 g/mol. The summed E-state index contributed by atoms with van der Waals surface area (Å²) in [5.41, 5.74) is 0.504. The van der Waals surface area contributed by atoms with E-state index in [0.29, 0.717) is 11.3 Å². The van der Waals surface area contributed by atoms with Gasteiger partial charge < -0.3 is 0 Å². The van der Waals surface area contributed by atoms with Crippen molar-refractivity contribution in [1.29, 1.82) is 0 Å². The highest BCUT2D eigenvalue weighted by molar-refractivity contribution is 6.24. The van der Waals surface area contributed by atoms with Gasteiger partial charge in [0, 0.05) is 5.41 Å². The van der Waals surface area contributed by atoms with Crippen LogP contribution in [0.15, 0.2) is 5.18 Å². The minimum Gasteiger partial charge on any atom is -0.149 e. The molecule has 0 spiro atoms. The lowest BCUT2D eigenvalue weighted by Gasteiger charge is -2.60. The second-order valence-corrected chi connectivity index (χ2v) is 9.87. The Morgan fingerprint density at radius 1 is 0.909 bits per heavy atom. The van der Waals surface area contributed by atoms with E-state index in [-0.39, 0.29) is 5.41 Å². The van der Waals surface area contributed by atoms with Gasteiger partial charge in [-0.05, 0) is 85.6 Å². The van der Waals surface area contributed by atoms with Gasteiger partial charge in [0.05, 0.1) is 0 Å². The Morgan fingerprint density at radius 3 is 2.45 bits per heavy atom. The lowest BCUT2D eigenvalue weighted by Crippen LogP contribution is -2.54. The number of fused-ring (bicyclic) bond motifs is 5. The average Bonchev–Trinajstić information content (AvgIpc) is 2.79. The van der Waals surface area contributed by atoms with Gasteiger partial charge in [-0.15, -0.1) is 4.91 Å². The van der Waals surface area contributed by atoms with Gasteiger partial charge in [0.15, 0.2) is 5.00 Å². The molecule has 0 aromatic heterocycles. The van der Waals surface area contributed by atoms with E-state index in [0.717, 1.165) is 37.0 Å². The second-order valence-electron chi connectivity index (χ2n) is 9.25. The summed E-state index contributed by atoms with van der Waals surface area (Å²) >= 11 is 6.69. The van der Waals surface area contributed by atoms with Crippen molar-refractivity contribution in [2.45, 2.75) is 83.1 Å². The van der Waals surface area contributed by atoms with Crippen molar-refractivity contribution in [2.75, 3.05) is 0 Å². The molecule has 0 heterocycles. The van der Waals surface area contributed by atoms with Crippen molar-refractivity contribution in [3.8, 4) is 0 Å². The Balaban J connectivity index is 1.66. The molecular formula is C19H30ClNO. The molecule has 2 nitrogen and oxygen atoms in total. The van der Waals surface area contributed by atoms with Crippen molar-refractivity contribution in [2.24, 2.45) is 39.7 Å². The van der Waals surface area contributed by atoms with Crippen LogP contribution in [-0.4, -0.2) is 5.00 Å². The largest absolute Gasteiger partial charge is 0.181 e. The van der Waals surface area contributed by atoms with Crippen LogP contribution in [0.4, 0.5) is 0 Å². The van der Waals surface area contributed by atoms with E-state index in [9.17, 15) is 4.91 Å². The van der Waals surface area contributed by atoms with Gasteiger partial charge in [-0.2, -0.15) is 0 Å². The van der Waals surface area contributed by atoms with Gasteiger partial charge in [0.25, 0.3) is 0 Å². The molecule has 0 aliphatic heterocycles. The van der Waals surface area contributed by atoms with E-state index in [4.69, 9.17) is 11.6 Å². The van der Waals surface area contributed by atoms with Gasteiger partial charge in [0.2, 0.25) is 0 Å². The Kier molecular flexibility index (Phi) is 3.46. The molecule has 0 aromatic rings. The molecule has 4 aliphatic rings. The van der Waals surface area contributed by atoms with Crippen LogP contribution in [0.3, 0.4) is 0 Å². The minimum atomic E-state index is -0.826. The van der Waals surface area contributed by atoms with E-state index in [2.05, 4.69) is 19.0 Å². The number of nitroso groups, excluding NO2 is 1. The zero-order valence-corrected chi connectivity index (χ0v) is 14.9. The summed E-state index contributed by atoms with van der Waals surface area (Å²) in [5, 5.41) is 3.43. The van der Waals surface area contributed by atoms with E-state index in [1.54, 1.807) is 0 Å². The summed E-state index contributed by atoms with van der Waals surface area (Å²) < 4.78 is 0. The third kappa shape index (κ3) is 1.79. The highest BCUT2D eigenvalue weighted by atomic mass is 35.5. The highest BCUT2D eigenvalue weighted by Crippen LogP contribution is 2.69. The smallest absolute Gasteiger partial charge is 0.149 e. The number of rotatable bonds is 1. The fraction of sp³-hybridized carbons (Fsp3) is 1.00. The summed E-state index contributed by atoms with van der Waals surface area (Å²) in [6.45, 7) is 4.86. The molecule has 0 bridgehead atoms. The van der Waals surface area contributed by atoms with E-state index in [1.807, 2.05) is 0 Å². The third-order valence-electron chi connectivity index (χ3n) is 8.78. The number of hydrogen-bond donors (Lipinski definition) is 0. The maximum absolute atomic E-state index is 11.5. The van der Waals surface area contributed by atoms with E-state index in [1.165, 1.54) is 44.9 Å². The second kappa shape index (κ2) is 4.94. The molecule has 7 unspecified atom stereocenters. The first-order chi connectivity index (χ1) is 10.4. The van der Waals surface area contributed by atoms with Crippen LogP contribution in [-0.2, 0) is 0 Å². The maximum atomic E-state index is 11.5. The van der Waals surface area contributed by atoms with Crippen molar-refractivity contribution < 1.29 is 0 Å². The Morgan fingerprint density at radius 2 is 1.68 bits per heavy atom. The lowest BCUT2D eigenvalue weighted by molar-refractivity contribution is -0.107. The predicted octanol–water partition coefficient (Wildman–Crippen LogP) is 6.12. The molecule has 0 N–H and O–H groups in total. The first-order valence-corrected chi connectivity index (χ1v) is 9.86. The summed E-state index contributed by atoms with van der Waals surface area (Å²) in [6.07, 6.45) is 12.8. The molecule has 4 aliphatic carbocycles. The zero-order valence-electron chi connectivity index (χ0n) is 14.1. The molecule has 0 aromatic carbocycles. The predicted molar refractivity (Wildman–Crippen MR) is 90.7 cm³/mol. The lowest BCUT2D eigenvalue weighted by atomic mass is 9.45. The SMILES string of the molecule is CC12CCCCC1CCC1C2CCC2(C)C1CCC2(Cl)N=O. The van der Waals surface area contributed by atoms with Crippen LogP contribution in [0.5, 0.6) is 0 Å². The molecule has 22 heavy (non-hydrogen) atoms. The maximum Gasteiger partial charge on any atom is 0.181 e. The molecule has 7 atom stereocenters. The molecule has 124 valence electrons. The van der Waals surface area contributed by atoms with Crippen molar-refractivity contribution in [3.63, 3.8) is 0 Å². The molecule has 0 radical (unpaired) electrons. The first-order valence-electron chi connectivity index (χ1n) is 9.48. The fourth-order valence-electron chi connectivity index (χ4n) is 7.41. The van der Waals surface area contributed by atoms with Crippen LogP contribution >= 0.6 is 11.6 Å². The number of nitrogens with zero attached hydrogens (tertiary/aromatic N) is 1. The van der Waals surface area contributed by atoms with Gasteiger partial charge in [0.1, 0.15) is 0 Å². The normalized spacial score (nSPS) is 57.6. The molecule has 0 amide bonds. The van der Waals surface area contributed by atoms with Crippen LogP contribution in [0.1, 0.15) is 78.1 Å². The van der Waals surface area contributed by atoms with E-state index >= 15 is 0 Å². The third-order valence-corrected chi connectivity index (χ3v) is 9.47. The zero-order chi connectivity index (χ0) is 15.6. The molecule has 3 heteroatoms. The average molecular weight is 324 g/mol. The van der Waals surface area contributed by atoms with Gasteiger partial charge in [-0.3, -0.25) is 0 Å². The molecule has 0 saturated heterocycles. The molecule has 4 fully saturated rings. The summed E-state index contributed by atoms with van der Waals surface area (Å²) in [6, 6.07) is 0. The van der Waals surface area contributed by atoms with Gasteiger partial charge in [-0.1, -0.05) is 38.3 Å². The first kappa shape index (κ1) is 15.4. The molecule has 4 rings (SSSR count). The summed E-state index contributed by atoms with van der Waals surface area (Å²) in [7, 11) is 0. The quantitative estimate of drug-likeness (QED) is 0.324.